The molecule has 1 aliphatic heterocycles. The van der Waals surface area contributed by atoms with Crippen LogP contribution in [0.2, 0.25) is 10.0 Å². The minimum absolute atomic E-state index is 0.112. The van der Waals surface area contributed by atoms with Gasteiger partial charge >= 0.3 is 0 Å². The number of amides is 1. The van der Waals surface area contributed by atoms with E-state index < -0.39 is 0 Å². The van der Waals surface area contributed by atoms with E-state index in [4.69, 9.17) is 28.2 Å². The summed E-state index contributed by atoms with van der Waals surface area (Å²) in [4.78, 5) is 28.7. The van der Waals surface area contributed by atoms with Gasteiger partial charge in [-0.1, -0.05) is 52.5 Å². The number of piperazine rings is 1. The van der Waals surface area contributed by atoms with E-state index in [1.807, 2.05) is 75.6 Å². The van der Waals surface area contributed by atoms with Crippen molar-refractivity contribution in [2.24, 2.45) is 0 Å². The highest BCUT2D eigenvalue weighted by Crippen LogP contribution is 2.21. The van der Waals surface area contributed by atoms with Gasteiger partial charge in [-0.05, 0) is 64.4 Å². The van der Waals surface area contributed by atoms with Crippen LogP contribution in [0.15, 0.2) is 61.1 Å². The monoisotopic (exact) mass is 580 g/mol. The van der Waals surface area contributed by atoms with Crippen molar-refractivity contribution in [3.05, 3.63) is 93.5 Å². The summed E-state index contributed by atoms with van der Waals surface area (Å²) in [7, 11) is 1.91. The third-order valence-electron chi connectivity index (χ3n) is 7.01. The maximum absolute atomic E-state index is 12.7. The van der Waals surface area contributed by atoms with Crippen molar-refractivity contribution >= 4 is 40.6 Å². The molecule has 0 N–H and O–H groups in total. The number of benzene rings is 2. The zero-order valence-corrected chi connectivity index (χ0v) is 25.3. The lowest BCUT2D eigenvalue weighted by Gasteiger charge is -2.35. The van der Waals surface area contributed by atoms with Gasteiger partial charge < -0.3 is 14.2 Å². The summed E-state index contributed by atoms with van der Waals surface area (Å²) in [5.41, 5.74) is 5.00. The zero-order valence-electron chi connectivity index (χ0n) is 23.8. The SMILES string of the molecule is Cc1cc(C)cc(C(=O)N(C)CCCCN2CCN(c3nc(C)cn4ccnc34)CC2)c1.Clc1ccccc1Cl. The molecule has 0 radical (unpaired) electrons. The second kappa shape index (κ2) is 14.0. The first-order chi connectivity index (χ1) is 19.2. The predicted molar refractivity (Wildman–Crippen MR) is 165 cm³/mol. The number of aryl methyl sites for hydroxylation is 3. The van der Waals surface area contributed by atoms with Gasteiger partial charge in [0.1, 0.15) is 0 Å². The minimum atomic E-state index is 0.112. The average molecular weight is 582 g/mol. The van der Waals surface area contributed by atoms with Gasteiger partial charge in [-0.25, -0.2) is 9.97 Å². The molecule has 0 saturated carbocycles. The Morgan fingerprint density at radius 2 is 1.60 bits per heavy atom. The Bertz CT molecular complexity index is 1390. The van der Waals surface area contributed by atoms with Gasteiger partial charge in [0.15, 0.2) is 11.5 Å². The molecule has 5 rings (SSSR count). The minimum Gasteiger partial charge on any atom is -0.351 e. The van der Waals surface area contributed by atoms with E-state index >= 15 is 0 Å². The molecule has 1 amide bonds. The first-order valence-corrected chi connectivity index (χ1v) is 14.5. The summed E-state index contributed by atoms with van der Waals surface area (Å²) in [5, 5.41) is 1.21. The van der Waals surface area contributed by atoms with Crippen molar-refractivity contribution < 1.29 is 4.79 Å². The van der Waals surface area contributed by atoms with Crippen LogP contribution < -0.4 is 4.90 Å². The summed E-state index contributed by atoms with van der Waals surface area (Å²) >= 11 is 11.2. The molecule has 9 heteroatoms. The fraction of sp³-hybridized carbons (Fsp3) is 0.387. The highest BCUT2D eigenvalue weighted by atomic mass is 35.5. The zero-order chi connectivity index (χ0) is 28.6. The number of unbranched alkanes of at least 4 members (excludes halogenated alkanes) is 1. The molecule has 0 bridgehead atoms. The fourth-order valence-electron chi connectivity index (χ4n) is 4.98. The van der Waals surface area contributed by atoms with Crippen molar-refractivity contribution in [3.63, 3.8) is 0 Å². The Kier molecular flexibility index (Phi) is 10.4. The summed E-state index contributed by atoms with van der Waals surface area (Å²) < 4.78 is 2.06. The van der Waals surface area contributed by atoms with Crippen LogP contribution in [0.5, 0.6) is 0 Å². The average Bonchev–Trinajstić information content (AvgIpc) is 3.40. The fourth-order valence-corrected chi connectivity index (χ4v) is 5.25. The van der Waals surface area contributed by atoms with Gasteiger partial charge in [0.05, 0.1) is 15.7 Å². The third kappa shape index (κ3) is 7.96. The third-order valence-corrected chi connectivity index (χ3v) is 7.76. The number of halogens is 2. The number of hydrogen-bond acceptors (Lipinski definition) is 5. The number of hydrogen-bond donors (Lipinski definition) is 0. The molecule has 2 aromatic heterocycles. The van der Waals surface area contributed by atoms with E-state index in [1.165, 1.54) is 0 Å². The van der Waals surface area contributed by atoms with Gasteiger partial charge in [0, 0.05) is 63.9 Å². The number of nitrogens with zero attached hydrogens (tertiary/aromatic N) is 6. The van der Waals surface area contributed by atoms with Crippen molar-refractivity contribution in [2.45, 2.75) is 33.6 Å². The quantitative estimate of drug-likeness (QED) is 0.239. The van der Waals surface area contributed by atoms with Crippen molar-refractivity contribution in [2.75, 3.05) is 51.2 Å². The molecular weight excluding hydrogens is 543 g/mol. The molecule has 2 aromatic carbocycles. The standard InChI is InChI=1S/C25H34N6O.C6H4Cl2/c1-19-15-20(2)17-22(16-19)25(32)28(4)8-5-6-9-29-11-13-30(14-12-29)24-23-26-7-10-31(23)18-21(3)27-24;7-5-3-1-2-4-6(5)8/h7,10,15-18H,5-6,8-9,11-14H2,1-4H3;1-4H. The largest absolute Gasteiger partial charge is 0.351 e. The van der Waals surface area contributed by atoms with Gasteiger partial charge in [-0.3, -0.25) is 9.69 Å². The van der Waals surface area contributed by atoms with Gasteiger partial charge in [0.25, 0.3) is 5.91 Å². The lowest BCUT2D eigenvalue weighted by atomic mass is 10.1. The number of anilines is 1. The van der Waals surface area contributed by atoms with E-state index in [1.54, 1.807) is 12.1 Å². The number of imidazole rings is 1. The van der Waals surface area contributed by atoms with Crippen LogP contribution in [-0.4, -0.2) is 76.4 Å². The second-order valence-corrected chi connectivity index (χ2v) is 11.2. The number of carbonyl (C=O) groups is 1. The van der Waals surface area contributed by atoms with Crippen molar-refractivity contribution in [1.29, 1.82) is 0 Å². The highest BCUT2D eigenvalue weighted by Gasteiger charge is 2.21. The molecule has 1 saturated heterocycles. The number of fused-ring (bicyclic) bond motifs is 1. The van der Waals surface area contributed by atoms with E-state index in [0.29, 0.717) is 10.0 Å². The molecule has 0 spiro atoms. The van der Waals surface area contributed by atoms with Crippen LogP contribution in [0, 0.1) is 20.8 Å². The molecule has 40 heavy (non-hydrogen) atoms. The van der Waals surface area contributed by atoms with E-state index in [9.17, 15) is 4.79 Å². The molecule has 0 atom stereocenters. The maximum atomic E-state index is 12.7. The Labute approximate surface area is 247 Å². The summed E-state index contributed by atoms with van der Waals surface area (Å²) in [6.07, 6.45) is 7.94. The molecule has 1 aliphatic rings. The molecular formula is C31H38Cl2N6O. The number of aromatic nitrogens is 3. The number of rotatable bonds is 7. The van der Waals surface area contributed by atoms with Crippen LogP contribution in [0.1, 0.15) is 40.0 Å². The first kappa shape index (κ1) is 29.8. The Balaban J connectivity index is 0.000000398. The van der Waals surface area contributed by atoms with Crippen LogP contribution in [-0.2, 0) is 0 Å². The number of carbonyl (C=O) groups excluding carboxylic acids is 1. The molecule has 0 aliphatic carbocycles. The molecule has 212 valence electrons. The molecule has 3 heterocycles. The van der Waals surface area contributed by atoms with Gasteiger partial charge in [-0.15, -0.1) is 0 Å². The lowest BCUT2D eigenvalue weighted by molar-refractivity contribution is 0.0791. The lowest BCUT2D eigenvalue weighted by Crippen LogP contribution is -2.47. The molecule has 0 unspecified atom stereocenters. The Hall–Kier alpha value is -3.13. The highest BCUT2D eigenvalue weighted by molar-refractivity contribution is 6.41. The molecule has 1 fully saturated rings. The Morgan fingerprint density at radius 3 is 2.23 bits per heavy atom. The maximum Gasteiger partial charge on any atom is 0.253 e. The van der Waals surface area contributed by atoms with Crippen LogP contribution >= 0.6 is 23.2 Å². The Morgan fingerprint density at radius 1 is 0.950 bits per heavy atom. The van der Waals surface area contributed by atoms with E-state index in [0.717, 1.165) is 86.0 Å². The summed E-state index contributed by atoms with van der Waals surface area (Å²) in [6.45, 7) is 11.9. The second-order valence-electron chi connectivity index (χ2n) is 10.4. The predicted octanol–water partition coefficient (Wildman–Crippen LogP) is 6.32. The summed E-state index contributed by atoms with van der Waals surface area (Å²) in [5.74, 6) is 1.10. The first-order valence-electron chi connectivity index (χ1n) is 13.7. The van der Waals surface area contributed by atoms with Crippen LogP contribution in [0.4, 0.5) is 5.82 Å². The smallest absolute Gasteiger partial charge is 0.253 e. The van der Waals surface area contributed by atoms with Crippen molar-refractivity contribution in [1.82, 2.24) is 24.2 Å². The summed E-state index contributed by atoms with van der Waals surface area (Å²) in [6, 6.07) is 13.2. The van der Waals surface area contributed by atoms with E-state index in [-0.39, 0.29) is 5.91 Å². The van der Waals surface area contributed by atoms with Gasteiger partial charge in [-0.2, -0.15) is 0 Å². The van der Waals surface area contributed by atoms with Crippen LogP contribution in [0.3, 0.4) is 0 Å². The molecule has 4 aromatic rings. The van der Waals surface area contributed by atoms with E-state index in [2.05, 4.69) is 25.3 Å². The van der Waals surface area contributed by atoms with Gasteiger partial charge in [0.2, 0.25) is 0 Å². The topological polar surface area (TPSA) is 57.0 Å². The van der Waals surface area contributed by atoms with Crippen LogP contribution in [0.25, 0.3) is 5.65 Å². The normalized spacial score (nSPS) is 13.7. The van der Waals surface area contributed by atoms with Crippen molar-refractivity contribution in [3.8, 4) is 0 Å². The molecule has 7 nitrogen and oxygen atoms in total.